The van der Waals surface area contributed by atoms with Crippen molar-refractivity contribution in [1.29, 1.82) is 0 Å². The molecule has 0 heterocycles. The molecule has 112 valence electrons. The Bertz CT molecular complexity index is 777. The fraction of sp³-hybridized carbons (Fsp3) is 0.143. The maximum atomic E-state index is 13.5. The van der Waals surface area contributed by atoms with Crippen LogP contribution in [0.5, 0.6) is 0 Å². The van der Waals surface area contributed by atoms with E-state index in [1.165, 1.54) is 24.3 Å². The van der Waals surface area contributed by atoms with Crippen molar-refractivity contribution in [2.75, 3.05) is 17.3 Å². The molecule has 0 aliphatic carbocycles. The average Bonchev–Trinajstić information content (AvgIpc) is 2.38. The lowest BCUT2D eigenvalue weighted by Crippen LogP contribution is -2.06. The molecule has 0 unspecified atom stereocenters. The third kappa shape index (κ3) is 3.69. The molecule has 2 aromatic rings. The Hall–Kier alpha value is -2.15. The molecule has 0 saturated carbocycles. The molecule has 21 heavy (non-hydrogen) atoms. The third-order valence-electron chi connectivity index (χ3n) is 2.94. The maximum absolute atomic E-state index is 13.5. The highest BCUT2D eigenvalue weighted by molar-refractivity contribution is 7.90. The van der Waals surface area contributed by atoms with Crippen LogP contribution in [0.15, 0.2) is 41.3 Å². The molecule has 2 rings (SSSR count). The average molecular weight is 312 g/mol. The van der Waals surface area contributed by atoms with Crippen LogP contribution in [0.2, 0.25) is 0 Å². The zero-order chi connectivity index (χ0) is 15.6. The van der Waals surface area contributed by atoms with Crippen LogP contribution in [0.25, 0.3) is 0 Å². The van der Waals surface area contributed by atoms with E-state index in [2.05, 4.69) is 5.32 Å². The Kier molecular flexibility index (Phi) is 4.13. The third-order valence-corrected chi connectivity index (χ3v) is 4.05. The fourth-order valence-corrected chi connectivity index (χ4v) is 2.44. The van der Waals surface area contributed by atoms with Gasteiger partial charge in [0.25, 0.3) is 0 Å². The van der Waals surface area contributed by atoms with E-state index < -0.39 is 21.5 Å². The van der Waals surface area contributed by atoms with E-state index in [1.807, 2.05) is 0 Å². The molecule has 0 saturated heterocycles. The Balaban J connectivity index is 2.17. The molecular weight excluding hydrogens is 298 g/mol. The first-order valence-electron chi connectivity index (χ1n) is 6.05. The van der Waals surface area contributed by atoms with Gasteiger partial charge in [0.1, 0.15) is 11.6 Å². The number of halogens is 2. The number of hydrogen-bond acceptors (Lipinski definition) is 4. The summed E-state index contributed by atoms with van der Waals surface area (Å²) in [5, 5.41) is 2.89. The summed E-state index contributed by atoms with van der Waals surface area (Å²) in [7, 11) is -3.33. The standard InChI is InChI=1S/C14H14F2N2O2S/c1-21(19,20)11-4-5-14(13(17)7-11)18-8-9-2-3-10(15)6-12(9)16/h2-7,18H,8,17H2,1H3. The van der Waals surface area contributed by atoms with Gasteiger partial charge in [0.15, 0.2) is 9.84 Å². The second kappa shape index (κ2) is 5.69. The first-order valence-corrected chi connectivity index (χ1v) is 7.94. The quantitative estimate of drug-likeness (QED) is 0.851. The molecule has 0 amide bonds. The topological polar surface area (TPSA) is 72.2 Å². The van der Waals surface area contributed by atoms with Gasteiger partial charge in [-0.3, -0.25) is 0 Å². The molecule has 2 aromatic carbocycles. The normalized spacial score (nSPS) is 11.4. The van der Waals surface area contributed by atoms with Crippen LogP contribution < -0.4 is 11.1 Å². The summed E-state index contributed by atoms with van der Waals surface area (Å²) >= 11 is 0. The number of nitrogens with one attached hydrogen (secondary N) is 1. The predicted molar refractivity (Wildman–Crippen MR) is 77.6 cm³/mol. The van der Waals surface area contributed by atoms with Gasteiger partial charge in [-0.15, -0.1) is 0 Å². The number of benzene rings is 2. The minimum absolute atomic E-state index is 0.106. The molecular formula is C14H14F2N2O2S. The highest BCUT2D eigenvalue weighted by Gasteiger charge is 2.10. The second-order valence-electron chi connectivity index (χ2n) is 4.61. The first-order chi connectivity index (χ1) is 9.77. The minimum atomic E-state index is -3.33. The van der Waals surface area contributed by atoms with Crippen LogP contribution in [-0.2, 0) is 16.4 Å². The van der Waals surface area contributed by atoms with Gasteiger partial charge in [0, 0.05) is 24.4 Å². The Morgan fingerprint density at radius 3 is 2.43 bits per heavy atom. The molecule has 0 atom stereocenters. The van der Waals surface area contributed by atoms with Crippen molar-refractivity contribution in [2.45, 2.75) is 11.4 Å². The van der Waals surface area contributed by atoms with E-state index in [0.717, 1.165) is 18.4 Å². The van der Waals surface area contributed by atoms with Gasteiger partial charge in [0.2, 0.25) is 0 Å². The lowest BCUT2D eigenvalue weighted by atomic mass is 10.2. The molecule has 7 heteroatoms. The van der Waals surface area contributed by atoms with Crippen molar-refractivity contribution < 1.29 is 17.2 Å². The SMILES string of the molecule is CS(=O)(=O)c1ccc(NCc2ccc(F)cc2F)c(N)c1. The van der Waals surface area contributed by atoms with E-state index >= 15 is 0 Å². The Morgan fingerprint density at radius 2 is 1.86 bits per heavy atom. The first kappa shape index (κ1) is 15.2. The fourth-order valence-electron chi connectivity index (χ4n) is 1.79. The molecule has 0 bridgehead atoms. The van der Waals surface area contributed by atoms with Gasteiger partial charge in [-0.05, 0) is 24.3 Å². The number of hydrogen-bond donors (Lipinski definition) is 2. The summed E-state index contributed by atoms with van der Waals surface area (Å²) in [6.07, 6.45) is 1.09. The van der Waals surface area contributed by atoms with Gasteiger partial charge in [-0.1, -0.05) is 6.07 Å². The maximum Gasteiger partial charge on any atom is 0.175 e. The van der Waals surface area contributed by atoms with Gasteiger partial charge >= 0.3 is 0 Å². The molecule has 0 spiro atoms. The summed E-state index contributed by atoms with van der Waals surface area (Å²) in [6, 6.07) is 7.54. The second-order valence-corrected chi connectivity index (χ2v) is 6.63. The van der Waals surface area contributed by atoms with Crippen molar-refractivity contribution in [3.8, 4) is 0 Å². The minimum Gasteiger partial charge on any atom is -0.397 e. The van der Waals surface area contributed by atoms with Crippen molar-refractivity contribution in [2.24, 2.45) is 0 Å². The molecule has 4 nitrogen and oxygen atoms in total. The van der Waals surface area contributed by atoms with E-state index in [9.17, 15) is 17.2 Å². The van der Waals surface area contributed by atoms with Gasteiger partial charge in [-0.25, -0.2) is 17.2 Å². The predicted octanol–water partition coefficient (Wildman–Crippen LogP) is 2.56. The number of nitrogens with two attached hydrogens (primary N) is 1. The zero-order valence-electron chi connectivity index (χ0n) is 11.2. The van der Waals surface area contributed by atoms with Gasteiger partial charge in [-0.2, -0.15) is 0 Å². The van der Waals surface area contributed by atoms with Crippen LogP contribution in [-0.4, -0.2) is 14.7 Å². The largest absolute Gasteiger partial charge is 0.397 e. The van der Waals surface area contributed by atoms with Crippen LogP contribution in [0.4, 0.5) is 20.2 Å². The number of anilines is 2. The summed E-state index contributed by atoms with van der Waals surface area (Å²) in [4.78, 5) is 0.110. The molecule has 0 aromatic heterocycles. The van der Waals surface area contributed by atoms with Crippen molar-refractivity contribution in [3.63, 3.8) is 0 Å². The zero-order valence-corrected chi connectivity index (χ0v) is 12.0. The number of rotatable bonds is 4. The summed E-state index contributed by atoms with van der Waals surface area (Å²) in [6.45, 7) is 0.106. The summed E-state index contributed by atoms with van der Waals surface area (Å²) in [5.41, 5.74) is 6.76. The highest BCUT2D eigenvalue weighted by atomic mass is 32.2. The van der Waals surface area contributed by atoms with Crippen molar-refractivity contribution in [3.05, 3.63) is 53.6 Å². The summed E-state index contributed by atoms with van der Waals surface area (Å²) in [5.74, 6) is -1.30. The van der Waals surface area contributed by atoms with E-state index in [-0.39, 0.29) is 22.7 Å². The van der Waals surface area contributed by atoms with Crippen LogP contribution >= 0.6 is 0 Å². The highest BCUT2D eigenvalue weighted by Crippen LogP contribution is 2.23. The summed E-state index contributed by atoms with van der Waals surface area (Å²) < 4.78 is 49.1. The molecule has 0 aliphatic heterocycles. The molecule has 3 N–H and O–H groups in total. The van der Waals surface area contributed by atoms with E-state index in [1.54, 1.807) is 0 Å². The van der Waals surface area contributed by atoms with Crippen molar-refractivity contribution >= 4 is 21.2 Å². The molecule has 0 radical (unpaired) electrons. The van der Waals surface area contributed by atoms with Crippen LogP contribution in [0, 0.1) is 11.6 Å². The molecule has 0 aliphatic rings. The van der Waals surface area contributed by atoms with E-state index in [0.29, 0.717) is 5.69 Å². The Morgan fingerprint density at radius 1 is 1.14 bits per heavy atom. The lowest BCUT2D eigenvalue weighted by molar-refractivity contribution is 0.574. The van der Waals surface area contributed by atoms with Crippen LogP contribution in [0.1, 0.15) is 5.56 Å². The van der Waals surface area contributed by atoms with E-state index in [4.69, 9.17) is 5.73 Å². The smallest absolute Gasteiger partial charge is 0.175 e. The number of sulfone groups is 1. The monoisotopic (exact) mass is 312 g/mol. The molecule has 0 fully saturated rings. The lowest BCUT2D eigenvalue weighted by Gasteiger charge is -2.11. The van der Waals surface area contributed by atoms with Gasteiger partial charge < -0.3 is 11.1 Å². The number of nitrogen functional groups attached to an aromatic ring is 1. The Labute approximate surface area is 121 Å². The van der Waals surface area contributed by atoms with Gasteiger partial charge in [0.05, 0.1) is 16.3 Å². The van der Waals surface area contributed by atoms with Crippen LogP contribution in [0.3, 0.4) is 0 Å². The van der Waals surface area contributed by atoms with Crippen molar-refractivity contribution in [1.82, 2.24) is 0 Å².